The fraction of sp³-hybridized carbons (Fsp3) is 0.833. The fourth-order valence-electron chi connectivity index (χ4n) is 0. The molecule has 2 nitrogen and oxygen atoms in total. The van der Waals surface area contributed by atoms with E-state index in [1.54, 1.807) is 0 Å². The van der Waals surface area contributed by atoms with Crippen LogP contribution in [0.5, 0.6) is 0 Å². The Bertz CT molecular complexity index is 14.5. The van der Waals surface area contributed by atoms with Crippen LogP contribution in [0.2, 0.25) is 0 Å². The first-order chi connectivity index (χ1) is 3.83. The Morgan fingerprint density at radius 3 is 1.50 bits per heavy atom. The van der Waals surface area contributed by atoms with E-state index >= 15 is 0 Å². The van der Waals surface area contributed by atoms with Gasteiger partial charge in [-0.15, -0.1) is 0 Å². The summed E-state index contributed by atoms with van der Waals surface area (Å²) < 4.78 is 0. The molecule has 0 aliphatic carbocycles. The monoisotopic (exact) mass is 119 g/mol. The third kappa shape index (κ3) is 38.9. The van der Waals surface area contributed by atoms with Gasteiger partial charge in [0.25, 0.3) is 0 Å². The van der Waals surface area contributed by atoms with Crippen molar-refractivity contribution in [3.05, 3.63) is 6.92 Å². The molecule has 51 valence electrons. The second-order valence-electron chi connectivity index (χ2n) is 1.30. The van der Waals surface area contributed by atoms with E-state index in [1.165, 1.54) is 6.42 Å². The summed E-state index contributed by atoms with van der Waals surface area (Å²) >= 11 is 0. The zero-order chi connectivity index (χ0) is 6.83. The van der Waals surface area contributed by atoms with Gasteiger partial charge in [-0.25, -0.2) is 0 Å². The summed E-state index contributed by atoms with van der Waals surface area (Å²) in [6.45, 7) is 5.47. The van der Waals surface area contributed by atoms with Crippen LogP contribution in [0.15, 0.2) is 0 Å². The third-order valence-corrected chi connectivity index (χ3v) is 0.454. The standard InChI is InChI=1S/C4H9.C2H6O2/c1-3-4-2;3-1-2-4/h1,3-4H2,2H3;3-4H,1-2H2. The molecule has 0 spiro atoms. The second-order valence-corrected chi connectivity index (χ2v) is 1.30. The van der Waals surface area contributed by atoms with Crippen molar-refractivity contribution in [2.24, 2.45) is 0 Å². The number of aliphatic hydroxyl groups excluding tert-OH is 2. The van der Waals surface area contributed by atoms with Gasteiger partial charge in [0.05, 0.1) is 13.2 Å². The summed E-state index contributed by atoms with van der Waals surface area (Å²) in [5.41, 5.74) is 0. The molecule has 0 aliphatic rings. The number of rotatable bonds is 2. The van der Waals surface area contributed by atoms with Gasteiger partial charge in [-0.3, -0.25) is 0 Å². The quantitative estimate of drug-likeness (QED) is 0.558. The lowest BCUT2D eigenvalue weighted by atomic mass is 10.4. The first-order valence-electron chi connectivity index (χ1n) is 2.84. The predicted molar refractivity (Wildman–Crippen MR) is 34.4 cm³/mol. The van der Waals surface area contributed by atoms with E-state index in [1.807, 2.05) is 0 Å². The Balaban J connectivity index is 0. The largest absolute Gasteiger partial charge is 0.394 e. The molecule has 0 unspecified atom stereocenters. The zero-order valence-electron chi connectivity index (χ0n) is 5.43. The molecular weight excluding hydrogens is 104 g/mol. The molecule has 0 fully saturated rings. The van der Waals surface area contributed by atoms with Crippen LogP contribution < -0.4 is 0 Å². The summed E-state index contributed by atoms with van der Waals surface area (Å²) in [7, 11) is 0. The molecule has 0 rings (SSSR count). The molecule has 0 amide bonds. The molecule has 0 atom stereocenters. The van der Waals surface area contributed by atoms with E-state index in [0.29, 0.717) is 0 Å². The summed E-state index contributed by atoms with van der Waals surface area (Å²) in [6.07, 6.45) is 2.28. The van der Waals surface area contributed by atoms with E-state index in [-0.39, 0.29) is 13.2 Å². The molecule has 0 heterocycles. The molecule has 0 bridgehead atoms. The van der Waals surface area contributed by atoms with Gasteiger partial charge < -0.3 is 10.2 Å². The maximum atomic E-state index is 7.62. The SMILES string of the molecule is OCCO.[CH2]CCC. The van der Waals surface area contributed by atoms with Crippen molar-refractivity contribution < 1.29 is 10.2 Å². The van der Waals surface area contributed by atoms with Crippen molar-refractivity contribution >= 4 is 0 Å². The highest BCUT2D eigenvalue weighted by Gasteiger charge is 1.58. The third-order valence-electron chi connectivity index (χ3n) is 0.454. The lowest BCUT2D eigenvalue weighted by Crippen LogP contribution is -1.85. The summed E-state index contributed by atoms with van der Waals surface area (Å²) in [6, 6.07) is 0. The summed E-state index contributed by atoms with van der Waals surface area (Å²) in [5.74, 6) is 0. The highest BCUT2D eigenvalue weighted by Crippen LogP contribution is 1.75. The molecule has 0 aromatic heterocycles. The fourth-order valence-corrected chi connectivity index (χ4v) is 0. The van der Waals surface area contributed by atoms with Crippen LogP contribution >= 0.6 is 0 Å². The molecule has 1 radical (unpaired) electrons. The van der Waals surface area contributed by atoms with Gasteiger partial charge in [0.15, 0.2) is 0 Å². The van der Waals surface area contributed by atoms with Gasteiger partial charge in [0.2, 0.25) is 0 Å². The Morgan fingerprint density at radius 1 is 1.25 bits per heavy atom. The maximum absolute atomic E-state index is 7.62. The predicted octanol–water partition coefficient (Wildman–Crippen LogP) is 0.592. The second kappa shape index (κ2) is 15.8. The van der Waals surface area contributed by atoms with E-state index in [0.717, 1.165) is 6.42 Å². The van der Waals surface area contributed by atoms with Crippen molar-refractivity contribution in [2.45, 2.75) is 19.8 Å². The highest BCUT2D eigenvalue weighted by atomic mass is 16.3. The molecule has 8 heavy (non-hydrogen) atoms. The van der Waals surface area contributed by atoms with Crippen LogP contribution in [-0.2, 0) is 0 Å². The van der Waals surface area contributed by atoms with Gasteiger partial charge in [-0.1, -0.05) is 26.7 Å². The van der Waals surface area contributed by atoms with Crippen LogP contribution in [0, 0.1) is 6.92 Å². The Kier molecular flexibility index (Phi) is 21.3. The lowest BCUT2D eigenvalue weighted by molar-refractivity contribution is 0.186. The molecule has 0 saturated heterocycles. The summed E-state index contributed by atoms with van der Waals surface area (Å²) in [5, 5.41) is 15.2. The van der Waals surface area contributed by atoms with Crippen molar-refractivity contribution in [3.8, 4) is 0 Å². The van der Waals surface area contributed by atoms with Gasteiger partial charge in [-0.05, 0) is 0 Å². The topological polar surface area (TPSA) is 40.5 Å². The minimum atomic E-state index is -0.125. The normalized spacial score (nSPS) is 7.50. The molecule has 2 heteroatoms. The van der Waals surface area contributed by atoms with E-state index < -0.39 is 0 Å². The molecule has 2 N–H and O–H groups in total. The Morgan fingerprint density at radius 2 is 1.50 bits per heavy atom. The van der Waals surface area contributed by atoms with Gasteiger partial charge in [-0.2, -0.15) is 0 Å². The van der Waals surface area contributed by atoms with Crippen molar-refractivity contribution in [3.63, 3.8) is 0 Å². The average Bonchev–Trinajstić information content (AvgIpc) is 1.88. The molecule has 0 aromatic carbocycles. The van der Waals surface area contributed by atoms with Crippen LogP contribution in [0.4, 0.5) is 0 Å². The van der Waals surface area contributed by atoms with Crippen molar-refractivity contribution in [1.82, 2.24) is 0 Å². The number of hydrogen-bond acceptors (Lipinski definition) is 2. The van der Waals surface area contributed by atoms with Crippen molar-refractivity contribution in [2.75, 3.05) is 13.2 Å². The minimum Gasteiger partial charge on any atom is -0.394 e. The van der Waals surface area contributed by atoms with Gasteiger partial charge in [0, 0.05) is 0 Å². The van der Waals surface area contributed by atoms with E-state index in [4.69, 9.17) is 10.2 Å². The summed E-state index contributed by atoms with van der Waals surface area (Å²) in [4.78, 5) is 0. The van der Waals surface area contributed by atoms with Gasteiger partial charge in [0.1, 0.15) is 0 Å². The molecule has 0 aliphatic heterocycles. The van der Waals surface area contributed by atoms with Gasteiger partial charge >= 0.3 is 0 Å². The number of hydrogen-bond donors (Lipinski definition) is 2. The number of unbranched alkanes of at least 4 members (excludes halogenated alkanes) is 1. The lowest BCUT2D eigenvalue weighted by Gasteiger charge is -1.70. The van der Waals surface area contributed by atoms with Crippen LogP contribution in [0.1, 0.15) is 19.8 Å². The maximum Gasteiger partial charge on any atom is 0.0662 e. The first-order valence-corrected chi connectivity index (χ1v) is 2.84. The Labute approximate surface area is 51.2 Å². The van der Waals surface area contributed by atoms with Crippen LogP contribution in [0.25, 0.3) is 0 Å². The van der Waals surface area contributed by atoms with Crippen molar-refractivity contribution in [1.29, 1.82) is 0 Å². The smallest absolute Gasteiger partial charge is 0.0662 e. The average molecular weight is 119 g/mol. The molecule has 0 saturated carbocycles. The van der Waals surface area contributed by atoms with Crippen LogP contribution in [-0.4, -0.2) is 23.4 Å². The molecule has 0 aromatic rings. The van der Waals surface area contributed by atoms with Crippen LogP contribution in [0.3, 0.4) is 0 Å². The van der Waals surface area contributed by atoms with E-state index in [2.05, 4.69) is 13.8 Å². The highest BCUT2D eigenvalue weighted by molar-refractivity contribution is 4.29. The Hall–Kier alpha value is -0.0800. The number of aliphatic hydroxyl groups is 2. The first kappa shape index (κ1) is 10.8. The minimum absolute atomic E-state index is 0.125. The van der Waals surface area contributed by atoms with E-state index in [9.17, 15) is 0 Å². The zero-order valence-corrected chi connectivity index (χ0v) is 5.43. The molecular formula is C6H15O2.